The molecule has 6 nitrogen and oxygen atoms in total. The molecule has 156 valence electrons. The average Bonchev–Trinajstić information content (AvgIpc) is 2.77. The van der Waals surface area contributed by atoms with Gasteiger partial charge in [-0.2, -0.15) is 0 Å². The number of aromatic nitrogens is 1. The number of nitrogens with zero attached hydrogens (tertiary/aromatic N) is 2. The third-order valence-corrected chi connectivity index (χ3v) is 5.41. The van der Waals surface area contributed by atoms with Crippen molar-refractivity contribution in [2.24, 2.45) is 0 Å². The van der Waals surface area contributed by atoms with Crippen LogP contribution in [0.1, 0.15) is 27.1 Å². The lowest BCUT2D eigenvalue weighted by Crippen LogP contribution is -2.49. The highest BCUT2D eigenvalue weighted by Gasteiger charge is 2.23. The van der Waals surface area contributed by atoms with E-state index >= 15 is 0 Å². The Morgan fingerprint density at radius 3 is 2.33 bits per heavy atom. The molecule has 3 aromatic rings. The van der Waals surface area contributed by atoms with E-state index in [1.807, 2.05) is 35.2 Å². The summed E-state index contributed by atoms with van der Waals surface area (Å²) in [4.78, 5) is 43.7. The normalized spacial score (nSPS) is 14.3. The number of rotatable bonds is 5. The van der Waals surface area contributed by atoms with Gasteiger partial charge in [-0.05, 0) is 18.2 Å². The Labute approximate surface area is 180 Å². The number of ketones is 1. The molecule has 1 amide bonds. The molecule has 2 aromatic carbocycles. The molecule has 0 unspecified atom stereocenters. The number of benzene rings is 2. The Morgan fingerprint density at radius 2 is 1.60 bits per heavy atom. The molecule has 4 rings (SSSR count). The molecule has 0 bridgehead atoms. The molecule has 0 spiro atoms. The summed E-state index contributed by atoms with van der Waals surface area (Å²) in [5.41, 5.74) is 1.84. The fourth-order valence-electron chi connectivity index (χ4n) is 3.75. The number of carbonyl (C=O) groups excluding carboxylic acids is 2. The number of piperazine rings is 1. The van der Waals surface area contributed by atoms with Crippen molar-refractivity contribution in [1.29, 1.82) is 0 Å². The summed E-state index contributed by atoms with van der Waals surface area (Å²) < 4.78 is 0. The van der Waals surface area contributed by atoms with E-state index in [1.54, 1.807) is 24.3 Å². The molecule has 1 fully saturated rings. The van der Waals surface area contributed by atoms with Crippen LogP contribution < -0.4 is 5.56 Å². The molecule has 1 N–H and O–H groups in total. The number of fused-ring (bicyclic) bond motifs is 1. The smallest absolute Gasteiger partial charge is 0.254 e. The van der Waals surface area contributed by atoms with Gasteiger partial charge in [0.15, 0.2) is 5.78 Å². The fourth-order valence-corrected chi connectivity index (χ4v) is 3.75. The Bertz CT molecular complexity index is 1090. The molecule has 1 aliphatic heterocycles. The molecule has 2 heterocycles. The summed E-state index contributed by atoms with van der Waals surface area (Å²) in [5, 5.41) is 0.757. The number of Topliss-reactive ketones (excluding diaryl/α,β-unsaturated/α-hetero) is 1. The number of amides is 1. The van der Waals surface area contributed by atoms with E-state index in [0.29, 0.717) is 37.1 Å². The third-order valence-electron chi connectivity index (χ3n) is 5.41. The summed E-state index contributed by atoms with van der Waals surface area (Å²) >= 11 is 0. The zero-order chi connectivity index (χ0) is 20.2. The lowest BCUT2D eigenvalue weighted by atomic mass is 10.1. The second-order valence-corrected chi connectivity index (χ2v) is 7.26. The molecule has 0 aliphatic carbocycles. The van der Waals surface area contributed by atoms with Crippen molar-refractivity contribution in [1.82, 2.24) is 14.8 Å². The molecule has 0 saturated carbocycles. The Morgan fingerprint density at radius 1 is 0.867 bits per heavy atom. The first kappa shape index (κ1) is 21.7. The summed E-state index contributed by atoms with van der Waals surface area (Å²) in [6.45, 7) is 3.44. The number of pyridine rings is 1. The van der Waals surface area contributed by atoms with Gasteiger partial charge in [0, 0.05) is 67.2 Å². The molecule has 1 saturated heterocycles. The first-order valence-electron chi connectivity index (χ1n) is 9.84. The molecule has 0 atom stereocenters. The maximum absolute atomic E-state index is 13.0. The molecule has 30 heavy (non-hydrogen) atoms. The lowest BCUT2D eigenvalue weighted by molar-refractivity contribution is 0.0630. The van der Waals surface area contributed by atoms with Crippen LogP contribution in [0.2, 0.25) is 0 Å². The highest BCUT2D eigenvalue weighted by molar-refractivity contribution is 6.06. The first-order chi connectivity index (χ1) is 14.1. The van der Waals surface area contributed by atoms with Crippen molar-refractivity contribution in [2.75, 3.05) is 32.7 Å². The molecule has 1 aliphatic rings. The number of carbonyl (C=O) groups is 2. The van der Waals surface area contributed by atoms with E-state index in [-0.39, 0.29) is 29.7 Å². The molecule has 0 radical (unpaired) electrons. The van der Waals surface area contributed by atoms with Gasteiger partial charge in [-0.3, -0.25) is 19.3 Å². The largest absolute Gasteiger partial charge is 0.336 e. The summed E-state index contributed by atoms with van der Waals surface area (Å²) in [6, 6.07) is 17.9. The maximum atomic E-state index is 13.0. The molecule has 7 heteroatoms. The van der Waals surface area contributed by atoms with Gasteiger partial charge in [-0.25, -0.2) is 0 Å². The SMILES string of the molecule is Cl.O=C(CCN1CCN(C(=O)c2cccc3[nH]c(=O)ccc23)CC1)c1ccccc1. The maximum Gasteiger partial charge on any atom is 0.254 e. The van der Waals surface area contributed by atoms with Gasteiger partial charge >= 0.3 is 0 Å². The number of halogens is 1. The lowest BCUT2D eigenvalue weighted by Gasteiger charge is -2.34. The zero-order valence-electron chi connectivity index (χ0n) is 16.5. The first-order valence-corrected chi connectivity index (χ1v) is 9.84. The minimum atomic E-state index is -0.180. The van der Waals surface area contributed by atoms with Crippen molar-refractivity contribution in [3.63, 3.8) is 0 Å². The highest BCUT2D eigenvalue weighted by atomic mass is 35.5. The van der Waals surface area contributed by atoms with Crippen LogP contribution in [0.25, 0.3) is 10.9 Å². The van der Waals surface area contributed by atoms with E-state index < -0.39 is 0 Å². The second kappa shape index (κ2) is 9.69. The van der Waals surface area contributed by atoms with E-state index in [0.717, 1.165) is 24.0 Å². The molecular weight excluding hydrogens is 402 g/mol. The molecular formula is C23H24ClN3O3. The van der Waals surface area contributed by atoms with E-state index in [9.17, 15) is 14.4 Å². The minimum absolute atomic E-state index is 0. The van der Waals surface area contributed by atoms with Crippen LogP contribution >= 0.6 is 12.4 Å². The van der Waals surface area contributed by atoms with E-state index in [2.05, 4.69) is 9.88 Å². The Kier molecular flexibility index (Phi) is 7.03. The monoisotopic (exact) mass is 425 g/mol. The van der Waals surface area contributed by atoms with Gasteiger partial charge in [0.05, 0.1) is 0 Å². The zero-order valence-corrected chi connectivity index (χ0v) is 17.4. The third kappa shape index (κ3) is 4.78. The standard InChI is InChI=1S/C23H23N3O3.ClH/c27-21(17-5-2-1-3-6-17)11-12-25-13-15-26(16-14-25)23(29)19-7-4-8-20-18(19)9-10-22(28)24-20;/h1-10H,11-16H2,(H,24,28);1H. The van der Waals surface area contributed by atoms with Crippen molar-refractivity contribution >= 4 is 35.0 Å². The van der Waals surface area contributed by atoms with Crippen LogP contribution in [0.4, 0.5) is 0 Å². The fraction of sp³-hybridized carbons (Fsp3) is 0.261. The van der Waals surface area contributed by atoms with E-state index in [1.165, 1.54) is 6.07 Å². The van der Waals surface area contributed by atoms with Gasteiger partial charge in [-0.1, -0.05) is 36.4 Å². The van der Waals surface area contributed by atoms with Gasteiger partial charge < -0.3 is 9.88 Å². The van der Waals surface area contributed by atoms with Gasteiger partial charge in [0.25, 0.3) is 5.91 Å². The summed E-state index contributed by atoms with van der Waals surface area (Å²) in [6.07, 6.45) is 0.481. The summed E-state index contributed by atoms with van der Waals surface area (Å²) in [5.74, 6) is 0.122. The van der Waals surface area contributed by atoms with E-state index in [4.69, 9.17) is 0 Å². The van der Waals surface area contributed by atoms with Crippen LogP contribution in [0, 0.1) is 0 Å². The van der Waals surface area contributed by atoms with Crippen molar-refractivity contribution in [2.45, 2.75) is 6.42 Å². The van der Waals surface area contributed by atoms with Gasteiger partial charge in [0.2, 0.25) is 5.56 Å². The number of nitrogens with one attached hydrogen (secondary N) is 1. The van der Waals surface area contributed by atoms with Crippen LogP contribution in [0.3, 0.4) is 0 Å². The Balaban J connectivity index is 0.00000256. The van der Waals surface area contributed by atoms with Crippen molar-refractivity contribution in [3.05, 3.63) is 82.1 Å². The minimum Gasteiger partial charge on any atom is -0.336 e. The summed E-state index contributed by atoms with van der Waals surface area (Å²) in [7, 11) is 0. The number of hydrogen-bond donors (Lipinski definition) is 1. The van der Waals surface area contributed by atoms with Crippen molar-refractivity contribution < 1.29 is 9.59 Å². The topological polar surface area (TPSA) is 73.5 Å². The second-order valence-electron chi connectivity index (χ2n) is 7.26. The van der Waals surface area contributed by atoms with Gasteiger partial charge in [-0.15, -0.1) is 12.4 Å². The van der Waals surface area contributed by atoms with Crippen molar-refractivity contribution in [3.8, 4) is 0 Å². The average molecular weight is 426 g/mol. The van der Waals surface area contributed by atoms with Crippen LogP contribution in [0.15, 0.2) is 65.5 Å². The number of H-pyrrole nitrogens is 1. The quantitative estimate of drug-likeness (QED) is 0.638. The van der Waals surface area contributed by atoms with Crippen LogP contribution in [-0.4, -0.2) is 59.2 Å². The number of aromatic amines is 1. The predicted molar refractivity (Wildman–Crippen MR) is 120 cm³/mol. The Hall–Kier alpha value is -2.96. The molecule has 1 aromatic heterocycles. The van der Waals surface area contributed by atoms with Crippen LogP contribution in [0.5, 0.6) is 0 Å². The predicted octanol–water partition coefficient (Wildman–Crippen LogP) is 2.98. The highest BCUT2D eigenvalue weighted by Crippen LogP contribution is 2.18. The van der Waals surface area contributed by atoms with Gasteiger partial charge in [0.1, 0.15) is 0 Å². The number of hydrogen-bond acceptors (Lipinski definition) is 4. The van der Waals surface area contributed by atoms with Crippen LogP contribution in [-0.2, 0) is 0 Å².